The van der Waals surface area contributed by atoms with Crippen molar-refractivity contribution in [2.45, 2.75) is 6.42 Å². The van der Waals surface area contributed by atoms with Crippen LogP contribution in [0.5, 0.6) is 0 Å². The second kappa shape index (κ2) is 5.80. The zero-order valence-electron chi connectivity index (χ0n) is 11.2. The van der Waals surface area contributed by atoms with Gasteiger partial charge in [0.15, 0.2) is 0 Å². The van der Waals surface area contributed by atoms with Crippen molar-refractivity contribution in [3.8, 4) is 23.0 Å². The highest BCUT2D eigenvalue weighted by Gasteiger charge is 2.12. The Bertz CT molecular complexity index is 739. The molecule has 2 heterocycles. The van der Waals surface area contributed by atoms with Gasteiger partial charge in [0.25, 0.3) is 5.89 Å². The molecule has 0 radical (unpaired) electrons. The van der Waals surface area contributed by atoms with Crippen LogP contribution in [0.25, 0.3) is 23.0 Å². The second-order valence-corrected chi connectivity index (χ2v) is 4.52. The molecule has 1 aromatic carbocycles. The van der Waals surface area contributed by atoms with Gasteiger partial charge in [-0.05, 0) is 42.8 Å². The Kier molecular flexibility index (Phi) is 3.70. The van der Waals surface area contributed by atoms with Crippen molar-refractivity contribution in [1.29, 1.82) is 0 Å². The van der Waals surface area contributed by atoms with Gasteiger partial charge in [0.2, 0.25) is 5.82 Å². The molecular formula is C15H13FN4O. The van der Waals surface area contributed by atoms with Crippen LogP contribution in [0.1, 0.15) is 5.56 Å². The maximum Gasteiger partial charge on any atom is 0.258 e. The number of nitrogens with two attached hydrogens (primary N) is 1. The zero-order chi connectivity index (χ0) is 14.7. The summed E-state index contributed by atoms with van der Waals surface area (Å²) in [5.41, 5.74) is 7.94. The molecule has 0 aliphatic heterocycles. The fourth-order valence-electron chi connectivity index (χ4n) is 1.98. The van der Waals surface area contributed by atoms with Gasteiger partial charge in [-0.15, -0.1) is 0 Å². The Morgan fingerprint density at radius 3 is 2.86 bits per heavy atom. The molecule has 0 atom stereocenters. The van der Waals surface area contributed by atoms with Crippen LogP contribution in [-0.2, 0) is 6.42 Å². The van der Waals surface area contributed by atoms with Crippen molar-refractivity contribution < 1.29 is 8.91 Å². The molecular weight excluding hydrogens is 271 g/mol. The molecule has 2 N–H and O–H groups in total. The summed E-state index contributed by atoms with van der Waals surface area (Å²) in [6.07, 6.45) is 1.90. The van der Waals surface area contributed by atoms with Crippen LogP contribution in [0.15, 0.2) is 47.1 Å². The molecule has 0 unspecified atom stereocenters. The third-order valence-electron chi connectivity index (χ3n) is 2.99. The Morgan fingerprint density at radius 1 is 1.19 bits per heavy atom. The number of halogens is 1. The lowest BCUT2D eigenvalue weighted by Gasteiger charge is -1.99. The summed E-state index contributed by atoms with van der Waals surface area (Å²) in [6.45, 7) is 0.581. The summed E-state index contributed by atoms with van der Waals surface area (Å²) in [5, 5.41) is 3.87. The van der Waals surface area contributed by atoms with Crippen molar-refractivity contribution >= 4 is 0 Å². The molecule has 0 amide bonds. The summed E-state index contributed by atoms with van der Waals surface area (Å²) in [6, 6.07) is 10.6. The topological polar surface area (TPSA) is 77.8 Å². The number of nitrogens with zero attached hydrogens (tertiary/aromatic N) is 3. The molecule has 21 heavy (non-hydrogen) atoms. The molecule has 0 fully saturated rings. The predicted molar refractivity (Wildman–Crippen MR) is 75.7 cm³/mol. The number of pyridine rings is 1. The summed E-state index contributed by atoms with van der Waals surface area (Å²) in [5.74, 6) is 0.321. The highest BCUT2D eigenvalue weighted by Crippen LogP contribution is 2.22. The third-order valence-corrected chi connectivity index (χ3v) is 2.99. The Hall–Kier alpha value is -2.60. The summed E-state index contributed by atoms with van der Waals surface area (Å²) in [7, 11) is 0. The van der Waals surface area contributed by atoms with E-state index in [4.69, 9.17) is 10.3 Å². The Morgan fingerprint density at radius 2 is 2.10 bits per heavy atom. The molecule has 3 aromatic rings. The molecule has 0 aliphatic rings. The standard InChI is InChI=1S/C15H13FN4O/c16-12-4-5-13(18-9-12)14-19-15(21-20-14)11-3-1-2-10(8-11)6-7-17/h1-5,8-9H,6-7,17H2. The lowest BCUT2D eigenvalue weighted by molar-refractivity contribution is 0.432. The minimum atomic E-state index is -0.406. The molecule has 106 valence electrons. The minimum Gasteiger partial charge on any atom is -0.334 e. The van der Waals surface area contributed by atoms with Crippen LogP contribution in [0.4, 0.5) is 4.39 Å². The normalized spacial score (nSPS) is 10.8. The third kappa shape index (κ3) is 2.95. The van der Waals surface area contributed by atoms with E-state index < -0.39 is 5.82 Å². The van der Waals surface area contributed by atoms with Gasteiger partial charge < -0.3 is 10.3 Å². The fraction of sp³-hybridized carbons (Fsp3) is 0.133. The van der Waals surface area contributed by atoms with Crippen molar-refractivity contribution in [3.05, 3.63) is 54.0 Å². The monoisotopic (exact) mass is 284 g/mol. The maximum absolute atomic E-state index is 12.9. The first kappa shape index (κ1) is 13.4. The largest absolute Gasteiger partial charge is 0.334 e. The first-order chi connectivity index (χ1) is 10.3. The smallest absolute Gasteiger partial charge is 0.258 e. The number of rotatable bonds is 4. The van der Waals surface area contributed by atoms with Crippen LogP contribution in [-0.4, -0.2) is 21.7 Å². The SMILES string of the molecule is NCCc1cccc(-c2nc(-c3ccc(F)cn3)no2)c1. The van der Waals surface area contributed by atoms with Gasteiger partial charge in [-0.1, -0.05) is 17.3 Å². The summed E-state index contributed by atoms with van der Waals surface area (Å²) >= 11 is 0. The van der Waals surface area contributed by atoms with E-state index in [1.165, 1.54) is 12.1 Å². The molecule has 0 bridgehead atoms. The Labute approximate surface area is 120 Å². The number of aromatic nitrogens is 3. The van der Waals surface area contributed by atoms with Crippen molar-refractivity contribution in [3.63, 3.8) is 0 Å². The van der Waals surface area contributed by atoms with E-state index >= 15 is 0 Å². The quantitative estimate of drug-likeness (QED) is 0.796. The average molecular weight is 284 g/mol. The maximum atomic E-state index is 12.9. The minimum absolute atomic E-state index is 0.328. The highest BCUT2D eigenvalue weighted by molar-refractivity contribution is 5.58. The van der Waals surface area contributed by atoms with Crippen molar-refractivity contribution in [1.82, 2.24) is 15.1 Å². The van der Waals surface area contributed by atoms with E-state index in [9.17, 15) is 4.39 Å². The van der Waals surface area contributed by atoms with Gasteiger partial charge in [0.1, 0.15) is 11.5 Å². The van der Waals surface area contributed by atoms with Crippen LogP contribution in [0, 0.1) is 5.82 Å². The molecule has 3 rings (SSSR count). The van der Waals surface area contributed by atoms with E-state index in [0.29, 0.717) is 24.0 Å². The fourth-order valence-corrected chi connectivity index (χ4v) is 1.98. The van der Waals surface area contributed by atoms with E-state index in [-0.39, 0.29) is 0 Å². The first-order valence-corrected chi connectivity index (χ1v) is 6.51. The molecule has 0 spiro atoms. The van der Waals surface area contributed by atoms with Gasteiger partial charge in [-0.2, -0.15) is 4.98 Å². The highest BCUT2D eigenvalue weighted by atomic mass is 19.1. The van der Waals surface area contributed by atoms with Gasteiger partial charge in [0, 0.05) is 5.56 Å². The predicted octanol–water partition coefficient (Wildman–Crippen LogP) is 2.44. The lowest BCUT2D eigenvalue weighted by atomic mass is 10.1. The van der Waals surface area contributed by atoms with Gasteiger partial charge in [-0.3, -0.25) is 0 Å². The van der Waals surface area contributed by atoms with E-state index in [2.05, 4.69) is 15.1 Å². The molecule has 0 saturated carbocycles. The zero-order valence-corrected chi connectivity index (χ0v) is 11.2. The van der Waals surface area contributed by atoms with Crippen LogP contribution in [0.2, 0.25) is 0 Å². The summed E-state index contributed by atoms with van der Waals surface area (Å²) < 4.78 is 18.1. The van der Waals surface area contributed by atoms with E-state index in [0.717, 1.165) is 23.7 Å². The van der Waals surface area contributed by atoms with Crippen molar-refractivity contribution in [2.75, 3.05) is 6.54 Å². The van der Waals surface area contributed by atoms with Crippen molar-refractivity contribution in [2.24, 2.45) is 5.73 Å². The van der Waals surface area contributed by atoms with Crippen LogP contribution >= 0.6 is 0 Å². The second-order valence-electron chi connectivity index (χ2n) is 4.52. The van der Waals surface area contributed by atoms with Gasteiger partial charge in [-0.25, -0.2) is 9.37 Å². The number of hydrogen-bond acceptors (Lipinski definition) is 5. The molecule has 2 aromatic heterocycles. The molecule has 6 heteroatoms. The lowest BCUT2D eigenvalue weighted by Crippen LogP contribution is -2.02. The Balaban J connectivity index is 1.91. The van der Waals surface area contributed by atoms with Gasteiger partial charge >= 0.3 is 0 Å². The molecule has 0 aliphatic carbocycles. The van der Waals surface area contributed by atoms with E-state index in [1.807, 2.05) is 24.3 Å². The van der Waals surface area contributed by atoms with Crippen LogP contribution in [0.3, 0.4) is 0 Å². The van der Waals surface area contributed by atoms with Crippen LogP contribution < -0.4 is 5.73 Å². The first-order valence-electron chi connectivity index (χ1n) is 6.51. The molecule has 0 saturated heterocycles. The van der Waals surface area contributed by atoms with Gasteiger partial charge in [0.05, 0.1) is 6.20 Å². The summed E-state index contributed by atoms with van der Waals surface area (Å²) in [4.78, 5) is 8.21. The number of benzene rings is 1. The van der Waals surface area contributed by atoms with E-state index in [1.54, 1.807) is 0 Å². The number of hydrogen-bond donors (Lipinski definition) is 1. The average Bonchev–Trinajstić information content (AvgIpc) is 2.98. The molecule has 5 nitrogen and oxygen atoms in total.